The molecule has 1 heterocycles. The first-order valence-electron chi connectivity index (χ1n) is 17.6. The summed E-state index contributed by atoms with van der Waals surface area (Å²) in [7, 11) is 7.90. The number of carbonyl (C=O) groups is 2. The third-order valence-corrected chi connectivity index (χ3v) is 9.19. The fourth-order valence-electron chi connectivity index (χ4n) is 6.61. The lowest BCUT2D eigenvalue weighted by Crippen LogP contribution is -2.26. The summed E-state index contributed by atoms with van der Waals surface area (Å²) in [6, 6.07) is 12.6. The van der Waals surface area contributed by atoms with E-state index in [1.54, 1.807) is 47.7 Å². The van der Waals surface area contributed by atoms with E-state index in [2.05, 4.69) is 31.1 Å². The molecular weight excluding hydrogens is 680 g/mol. The number of aromatic nitrogens is 3. The first-order chi connectivity index (χ1) is 25.7. The maximum Gasteiger partial charge on any atom is 0.248 e. The summed E-state index contributed by atoms with van der Waals surface area (Å²) in [5.74, 6) is 3.38. The molecule has 53 heavy (non-hydrogen) atoms. The van der Waals surface area contributed by atoms with Gasteiger partial charge in [0.25, 0.3) is 0 Å². The summed E-state index contributed by atoms with van der Waals surface area (Å²) < 4.78 is 27.8. The number of fused-ring (bicyclic) bond motifs is 3. The molecule has 0 saturated carbocycles. The Morgan fingerprint density at radius 1 is 0.849 bits per heavy atom. The number of ether oxygens (including phenoxy) is 5. The molecule has 5 rings (SSSR count). The molecule has 14 heteroatoms. The molecule has 0 aliphatic heterocycles. The van der Waals surface area contributed by atoms with Crippen molar-refractivity contribution in [3.05, 3.63) is 75.2 Å². The Morgan fingerprint density at radius 2 is 1.62 bits per heavy atom. The second-order valence-electron chi connectivity index (χ2n) is 12.7. The number of hydrogen-bond donors (Lipinski definition) is 4. The van der Waals surface area contributed by atoms with E-state index in [0.717, 1.165) is 35.1 Å². The van der Waals surface area contributed by atoms with E-state index < -0.39 is 0 Å². The topological polar surface area (TPSA) is 175 Å². The number of methoxy groups -OCH3 is 5. The Balaban J connectivity index is 1.16. The van der Waals surface area contributed by atoms with Gasteiger partial charge in [0.15, 0.2) is 23.0 Å². The van der Waals surface area contributed by atoms with Crippen LogP contribution in [0.15, 0.2) is 47.3 Å². The van der Waals surface area contributed by atoms with Crippen molar-refractivity contribution < 1.29 is 33.3 Å². The summed E-state index contributed by atoms with van der Waals surface area (Å²) in [5, 5.41) is 16.1. The molecule has 1 aliphatic rings. The number of anilines is 2. The number of nitrogens with one attached hydrogen (secondary N) is 4. The van der Waals surface area contributed by atoms with Gasteiger partial charge in [0.1, 0.15) is 5.82 Å². The molecule has 1 aliphatic carbocycles. The van der Waals surface area contributed by atoms with Gasteiger partial charge in [-0.3, -0.25) is 24.8 Å². The number of rotatable bonds is 17. The van der Waals surface area contributed by atoms with Crippen LogP contribution in [0.5, 0.6) is 28.7 Å². The number of H-pyrrole nitrogens is 1. The number of amides is 2. The van der Waals surface area contributed by atoms with Crippen LogP contribution in [0, 0.1) is 0 Å². The zero-order valence-electron chi connectivity index (χ0n) is 31.1. The average Bonchev–Trinajstić information content (AvgIpc) is 3.47. The number of carbonyl (C=O) groups excluding carboxylic acids is 2. The molecule has 0 spiro atoms. The molecule has 1 atom stereocenters. The summed E-state index contributed by atoms with van der Waals surface area (Å²) in [4.78, 5) is 42.7. The van der Waals surface area contributed by atoms with Gasteiger partial charge in [0, 0.05) is 31.9 Å². The second-order valence-corrected chi connectivity index (χ2v) is 12.7. The van der Waals surface area contributed by atoms with Gasteiger partial charge < -0.3 is 34.3 Å². The minimum absolute atomic E-state index is 0.166. The molecule has 1 aromatic heterocycles. The SMILES string of the molecule is COc1ccc(CCc2nc(NC(=O)CCCCCNc3ccc4c(cc3=O)C(NC(C)=O)CCc3cc(OC)c(OC)c(OC)c3-4)n[nH]2)cc1OC. The average molecular weight is 729 g/mol. The zero-order valence-corrected chi connectivity index (χ0v) is 31.1. The van der Waals surface area contributed by atoms with Crippen molar-refractivity contribution in [2.75, 3.05) is 52.7 Å². The fourth-order valence-corrected chi connectivity index (χ4v) is 6.61. The maximum absolute atomic E-state index is 13.5. The van der Waals surface area contributed by atoms with E-state index >= 15 is 0 Å². The minimum atomic E-state index is -0.386. The summed E-state index contributed by atoms with van der Waals surface area (Å²) >= 11 is 0. The second kappa shape index (κ2) is 18.1. The first-order valence-corrected chi connectivity index (χ1v) is 17.6. The van der Waals surface area contributed by atoms with Gasteiger partial charge in [-0.2, -0.15) is 4.98 Å². The highest BCUT2D eigenvalue weighted by Gasteiger charge is 2.29. The lowest BCUT2D eigenvalue weighted by molar-refractivity contribution is -0.119. The van der Waals surface area contributed by atoms with Crippen LogP contribution in [-0.2, 0) is 28.9 Å². The number of nitrogens with zero attached hydrogens (tertiary/aromatic N) is 2. The van der Waals surface area contributed by atoms with Gasteiger partial charge in [-0.25, -0.2) is 0 Å². The molecule has 14 nitrogen and oxygen atoms in total. The van der Waals surface area contributed by atoms with Crippen molar-refractivity contribution in [3.8, 4) is 39.9 Å². The number of benzene rings is 2. The van der Waals surface area contributed by atoms with E-state index in [0.29, 0.717) is 90.9 Å². The van der Waals surface area contributed by atoms with Crippen LogP contribution in [0.2, 0.25) is 0 Å². The van der Waals surface area contributed by atoms with Gasteiger partial charge >= 0.3 is 0 Å². The molecule has 0 fully saturated rings. The molecular formula is C39H48N6O8. The third kappa shape index (κ3) is 9.36. The van der Waals surface area contributed by atoms with Crippen molar-refractivity contribution in [2.45, 2.75) is 64.3 Å². The van der Waals surface area contributed by atoms with Crippen molar-refractivity contribution in [3.63, 3.8) is 0 Å². The van der Waals surface area contributed by atoms with E-state index in [9.17, 15) is 14.4 Å². The molecule has 2 amide bonds. The molecule has 0 bridgehead atoms. The Bertz CT molecular complexity index is 1980. The normalized spacial score (nSPS) is 13.1. The maximum atomic E-state index is 13.5. The molecule has 4 aromatic rings. The van der Waals surface area contributed by atoms with Crippen molar-refractivity contribution >= 4 is 23.5 Å². The van der Waals surface area contributed by atoms with Crippen LogP contribution in [-0.4, -0.2) is 69.1 Å². The quantitative estimate of drug-likeness (QED) is 0.103. The molecule has 1 unspecified atom stereocenters. The van der Waals surface area contributed by atoms with Crippen LogP contribution in [0.4, 0.5) is 11.6 Å². The number of aromatic amines is 1. The lowest BCUT2D eigenvalue weighted by Gasteiger charge is -2.19. The number of unbranched alkanes of at least 4 members (excludes halogenated alkanes) is 2. The van der Waals surface area contributed by atoms with Gasteiger partial charge in [0.05, 0.1) is 47.3 Å². The highest BCUT2D eigenvalue weighted by atomic mass is 16.5. The van der Waals surface area contributed by atoms with Crippen LogP contribution in [0.3, 0.4) is 0 Å². The van der Waals surface area contributed by atoms with E-state index in [-0.39, 0.29) is 29.2 Å². The number of hydrogen-bond acceptors (Lipinski definition) is 11. The van der Waals surface area contributed by atoms with Gasteiger partial charge in [0.2, 0.25) is 28.9 Å². The summed E-state index contributed by atoms with van der Waals surface area (Å²) in [5.41, 5.74) is 4.52. The zero-order chi connectivity index (χ0) is 37.9. The standard InChI is InChI=1S/C39H48N6O8/c1-23(46)41-28-15-13-25-21-33(51-4)37(52-5)38(53-6)36(25)26-14-16-29(30(47)22-27(26)28)40-19-9-7-8-10-35(48)43-39-42-34(44-45-39)18-12-24-11-17-31(49-2)32(20-24)50-3/h11,14,16-17,20-22,28H,7-10,12-13,15,18-19H2,1-6H3,(H,40,47)(H,41,46)(H2,42,43,44,45,48). The molecule has 282 valence electrons. The largest absolute Gasteiger partial charge is 0.493 e. The molecule has 0 saturated heterocycles. The summed E-state index contributed by atoms with van der Waals surface area (Å²) in [6.07, 6.45) is 5.00. The third-order valence-electron chi connectivity index (χ3n) is 9.19. The minimum Gasteiger partial charge on any atom is -0.493 e. The van der Waals surface area contributed by atoms with Crippen molar-refractivity contribution in [1.82, 2.24) is 20.5 Å². The molecule has 3 aromatic carbocycles. The van der Waals surface area contributed by atoms with Gasteiger partial charge in [-0.05, 0) is 84.7 Å². The van der Waals surface area contributed by atoms with Crippen LogP contribution < -0.4 is 45.1 Å². The first kappa shape index (κ1) is 38.4. The Labute approximate surface area is 308 Å². The highest BCUT2D eigenvalue weighted by molar-refractivity contribution is 5.88. The van der Waals surface area contributed by atoms with E-state index in [1.165, 1.54) is 6.92 Å². The summed E-state index contributed by atoms with van der Waals surface area (Å²) in [6.45, 7) is 2.01. The van der Waals surface area contributed by atoms with Crippen molar-refractivity contribution in [1.29, 1.82) is 0 Å². The monoisotopic (exact) mass is 728 g/mol. The number of aryl methyl sites for hydroxylation is 3. The molecule has 4 N–H and O–H groups in total. The van der Waals surface area contributed by atoms with Crippen LogP contribution in [0.1, 0.15) is 67.6 Å². The lowest BCUT2D eigenvalue weighted by atomic mass is 9.95. The smallest absolute Gasteiger partial charge is 0.248 e. The predicted molar refractivity (Wildman–Crippen MR) is 202 cm³/mol. The Morgan fingerprint density at radius 3 is 2.34 bits per heavy atom. The van der Waals surface area contributed by atoms with Crippen molar-refractivity contribution in [2.24, 2.45) is 0 Å². The van der Waals surface area contributed by atoms with Crippen LogP contribution >= 0.6 is 0 Å². The highest BCUT2D eigenvalue weighted by Crippen LogP contribution is 2.50. The predicted octanol–water partition coefficient (Wildman–Crippen LogP) is 5.39. The van der Waals surface area contributed by atoms with E-state index in [1.807, 2.05) is 30.3 Å². The van der Waals surface area contributed by atoms with E-state index in [4.69, 9.17) is 23.7 Å². The fraction of sp³-hybridized carbons (Fsp3) is 0.410. The van der Waals surface area contributed by atoms with Gasteiger partial charge in [-0.15, -0.1) is 5.10 Å². The van der Waals surface area contributed by atoms with Crippen LogP contribution in [0.25, 0.3) is 11.1 Å². The Hall–Kier alpha value is -5.79. The Kier molecular flexibility index (Phi) is 13.1. The van der Waals surface area contributed by atoms with Gasteiger partial charge in [-0.1, -0.05) is 18.6 Å². The molecule has 0 radical (unpaired) electrons.